The Labute approximate surface area is 173 Å². The molecule has 0 unspecified atom stereocenters. The quantitative estimate of drug-likeness (QED) is 0.618. The number of allylic oxidation sites excluding steroid dienone is 4. The van der Waals surface area contributed by atoms with Crippen molar-refractivity contribution in [1.82, 2.24) is 15.5 Å². The van der Waals surface area contributed by atoms with E-state index >= 15 is 0 Å². The third kappa shape index (κ3) is 3.19. The topological polar surface area (TPSA) is 117 Å². The second kappa shape index (κ2) is 7.57. The van der Waals surface area contributed by atoms with Crippen LogP contribution in [0, 0.1) is 22.7 Å². The first kappa shape index (κ1) is 19.0. The van der Waals surface area contributed by atoms with Gasteiger partial charge in [-0.05, 0) is 43.7 Å². The molecule has 2 heterocycles. The van der Waals surface area contributed by atoms with Crippen LogP contribution < -0.4 is 10.6 Å². The van der Waals surface area contributed by atoms with Crippen LogP contribution in [0.1, 0.15) is 35.7 Å². The molecule has 7 nitrogen and oxygen atoms in total. The SMILES string of the molecule is CC1=C(C#N)C(c2ccc3[nH]nc(NC(=O)c4ccccc4)c3c2)C(C#N)=C(C)N1. The number of nitrogens with zero attached hydrogens (tertiary/aromatic N) is 3. The average Bonchev–Trinajstić information content (AvgIpc) is 3.15. The fourth-order valence-corrected chi connectivity index (χ4v) is 3.70. The maximum atomic E-state index is 12.6. The summed E-state index contributed by atoms with van der Waals surface area (Å²) in [5.41, 5.74) is 4.50. The molecule has 2 aromatic carbocycles. The van der Waals surface area contributed by atoms with Crippen LogP contribution in [0.2, 0.25) is 0 Å². The zero-order valence-corrected chi connectivity index (χ0v) is 16.4. The van der Waals surface area contributed by atoms with Gasteiger partial charge in [0.25, 0.3) is 5.91 Å². The van der Waals surface area contributed by atoms with E-state index < -0.39 is 5.92 Å². The lowest BCUT2D eigenvalue weighted by Gasteiger charge is -2.26. The normalized spacial score (nSPS) is 14.3. The van der Waals surface area contributed by atoms with E-state index in [0.29, 0.717) is 27.9 Å². The van der Waals surface area contributed by atoms with E-state index in [0.717, 1.165) is 22.5 Å². The van der Waals surface area contributed by atoms with Gasteiger partial charge in [-0.1, -0.05) is 24.3 Å². The Balaban J connectivity index is 1.77. The lowest BCUT2D eigenvalue weighted by atomic mass is 9.81. The first-order valence-corrected chi connectivity index (χ1v) is 9.36. The van der Waals surface area contributed by atoms with Crippen molar-refractivity contribution in [2.45, 2.75) is 19.8 Å². The highest BCUT2D eigenvalue weighted by Crippen LogP contribution is 2.38. The lowest BCUT2D eigenvalue weighted by Crippen LogP contribution is -2.23. The van der Waals surface area contributed by atoms with Crippen LogP contribution in [-0.2, 0) is 0 Å². The number of hydrogen-bond donors (Lipinski definition) is 3. The highest BCUT2D eigenvalue weighted by Gasteiger charge is 2.29. The molecule has 1 aliphatic heterocycles. The van der Waals surface area contributed by atoms with E-state index in [1.165, 1.54) is 0 Å². The van der Waals surface area contributed by atoms with Crippen molar-refractivity contribution in [1.29, 1.82) is 10.5 Å². The van der Waals surface area contributed by atoms with Crippen LogP contribution in [0.15, 0.2) is 71.1 Å². The third-order valence-corrected chi connectivity index (χ3v) is 5.19. The van der Waals surface area contributed by atoms with E-state index in [1.54, 1.807) is 24.3 Å². The van der Waals surface area contributed by atoms with E-state index in [1.807, 2.05) is 38.1 Å². The number of aromatic nitrogens is 2. The van der Waals surface area contributed by atoms with Crippen molar-refractivity contribution in [2.75, 3.05) is 5.32 Å². The third-order valence-electron chi connectivity index (χ3n) is 5.19. The number of aromatic amines is 1. The van der Waals surface area contributed by atoms with Gasteiger partial charge in [-0.15, -0.1) is 0 Å². The Morgan fingerprint density at radius 3 is 2.33 bits per heavy atom. The first-order chi connectivity index (χ1) is 14.5. The van der Waals surface area contributed by atoms with Crippen molar-refractivity contribution in [3.63, 3.8) is 0 Å². The molecular weight excluding hydrogens is 376 g/mol. The Morgan fingerprint density at radius 1 is 1.03 bits per heavy atom. The molecule has 1 aromatic heterocycles. The predicted octanol–water partition coefficient (Wildman–Crippen LogP) is 4.10. The van der Waals surface area contributed by atoms with E-state index in [-0.39, 0.29) is 5.91 Å². The molecular formula is C23H18N6O. The standard InChI is InChI=1S/C23H18N6O/c1-13-18(11-24)21(19(12-25)14(2)26-13)16-8-9-20-17(10-16)22(29-28-20)27-23(30)15-6-4-3-5-7-15/h3-10,21,26H,1-2H3,(H2,27,28,29,30). The molecule has 0 spiro atoms. The minimum absolute atomic E-state index is 0.266. The summed E-state index contributed by atoms with van der Waals surface area (Å²) in [5.74, 6) is -0.343. The monoisotopic (exact) mass is 394 g/mol. The van der Waals surface area contributed by atoms with E-state index in [4.69, 9.17) is 0 Å². The van der Waals surface area contributed by atoms with Gasteiger partial charge in [-0.2, -0.15) is 15.6 Å². The van der Waals surface area contributed by atoms with E-state index in [9.17, 15) is 15.3 Å². The van der Waals surface area contributed by atoms with Crippen molar-refractivity contribution >= 4 is 22.6 Å². The van der Waals surface area contributed by atoms with Crippen LogP contribution >= 0.6 is 0 Å². The van der Waals surface area contributed by atoms with Gasteiger partial charge < -0.3 is 10.6 Å². The number of anilines is 1. The van der Waals surface area contributed by atoms with Gasteiger partial charge in [-0.3, -0.25) is 9.89 Å². The number of carbonyl (C=O) groups is 1. The molecule has 0 aliphatic carbocycles. The van der Waals surface area contributed by atoms with Crippen LogP contribution in [0.25, 0.3) is 10.9 Å². The van der Waals surface area contributed by atoms with Crippen LogP contribution in [0.5, 0.6) is 0 Å². The smallest absolute Gasteiger partial charge is 0.256 e. The highest BCUT2D eigenvalue weighted by atomic mass is 16.1. The van der Waals surface area contributed by atoms with Crippen molar-refractivity contribution < 1.29 is 4.79 Å². The number of hydrogen-bond acceptors (Lipinski definition) is 5. The molecule has 7 heteroatoms. The number of dihydropyridines is 1. The molecule has 1 amide bonds. The van der Waals surface area contributed by atoms with E-state index in [2.05, 4.69) is 33.0 Å². The van der Waals surface area contributed by atoms with Gasteiger partial charge in [0.1, 0.15) is 0 Å². The molecule has 0 fully saturated rings. The van der Waals surface area contributed by atoms with Gasteiger partial charge in [0, 0.05) is 22.3 Å². The first-order valence-electron chi connectivity index (χ1n) is 9.36. The fourth-order valence-electron chi connectivity index (χ4n) is 3.70. The fraction of sp³-hybridized carbons (Fsp3) is 0.130. The second-order valence-corrected chi connectivity index (χ2v) is 7.06. The largest absolute Gasteiger partial charge is 0.361 e. The minimum Gasteiger partial charge on any atom is -0.361 e. The molecule has 3 N–H and O–H groups in total. The van der Waals surface area contributed by atoms with Crippen LogP contribution in [0.4, 0.5) is 5.82 Å². The van der Waals surface area contributed by atoms with Crippen molar-refractivity contribution in [3.05, 3.63) is 82.2 Å². The maximum absolute atomic E-state index is 12.6. The summed E-state index contributed by atoms with van der Waals surface area (Å²) in [6.07, 6.45) is 0. The number of fused-ring (bicyclic) bond motifs is 1. The number of H-pyrrole nitrogens is 1. The second-order valence-electron chi connectivity index (χ2n) is 7.06. The van der Waals surface area contributed by atoms with Gasteiger partial charge in [-0.25, -0.2) is 0 Å². The molecule has 3 aromatic rings. The zero-order valence-electron chi connectivity index (χ0n) is 16.4. The molecule has 30 heavy (non-hydrogen) atoms. The molecule has 4 rings (SSSR count). The number of amides is 1. The Hall–Kier alpha value is -4.36. The number of carbonyl (C=O) groups excluding carboxylic acids is 1. The summed E-state index contributed by atoms with van der Waals surface area (Å²) in [7, 11) is 0. The molecule has 1 aliphatic rings. The summed E-state index contributed by atoms with van der Waals surface area (Å²) in [4.78, 5) is 12.6. The van der Waals surface area contributed by atoms with Crippen molar-refractivity contribution in [2.24, 2.45) is 0 Å². The molecule has 0 saturated carbocycles. The summed E-state index contributed by atoms with van der Waals surface area (Å²) in [6.45, 7) is 3.65. The molecule has 0 saturated heterocycles. The minimum atomic E-state index is -0.474. The average molecular weight is 394 g/mol. The van der Waals surface area contributed by atoms with Gasteiger partial charge in [0.05, 0.1) is 34.7 Å². The number of benzene rings is 2. The van der Waals surface area contributed by atoms with Gasteiger partial charge in [0.15, 0.2) is 5.82 Å². The molecule has 0 atom stereocenters. The molecule has 0 radical (unpaired) electrons. The summed E-state index contributed by atoms with van der Waals surface area (Å²) >= 11 is 0. The Bertz CT molecular complexity index is 1260. The number of nitriles is 2. The lowest BCUT2D eigenvalue weighted by molar-refractivity contribution is 0.102. The summed E-state index contributed by atoms with van der Waals surface area (Å²) in [6, 6.07) is 18.9. The zero-order chi connectivity index (χ0) is 21.3. The maximum Gasteiger partial charge on any atom is 0.256 e. The van der Waals surface area contributed by atoms with Gasteiger partial charge in [0.2, 0.25) is 0 Å². The van der Waals surface area contributed by atoms with Crippen molar-refractivity contribution in [3.8, 4) is 12.1 Å². The number of nitrogens with one attached hydrogen (secondary N) is 3. The van der Waals surface area contributed by atoms with Crippen LogP contribution in [-0.4, -0.2) is 16.1 Å². The highest BCUT2D eigenvalue weighted by molar-refractivity contribution is 6.07. The Kier molecular flexibility index (Phi) is 4.79. The summed E-state index contributed by atoms with van der Waals surface area (Å²) < 4.78 is 0. The molecule has 0 bridgehead atoms. The predicted molar refractivity (Wildman–Crippen MR) is 113 cm³/mol. The summed E-state index contributed by atoms with van der Waals surface area (Å²) in [5, 5.41) is 33.2. The molecule has 146 valence electrons. The number of rotatable bonds is 3. The van der Waals surface area contributed by atoms with Crippen LogP contribution in [0.3, 0.4) is 0 Å². The Morgan fingerprint density at radius 2 is 1.70 bits per heavy atom. The van der Waals surface area contributed by atoms with Gasteiger partial charge >= 0.3 is 0 Å².